The zero-order valence-electron chi connectivity index (χ0n) is 13.2. The maximum Gasteiger partial charge on any atom is 0.336 e. The Bertz CT molecular complexity index is 1150. The van der Waals surface area contributed by atoms with Crippen LogP contribution < -0.4 is 0 Å². The minimum absolute atomic E-state index is 0.0798. The minimum Gasteiger partial charge on any atom is -0.478 e. The normalized spacial score (nSPS) is 11.0. The van der Waals surface area contributed by atoms with Gasteiger partial charge in [-0.1, -0.05) is 23.7 Å². The van der Waals surface area contributed by atoms with Crippen molar-refractivity contribution >= 4 is 28.5 Å². The molecule has 1 N–H and O–H groups in total. The second kappa shape index (κ2) is 6.28. The Morgan fingerprint density at radius 3 is 2.62 bits per heavy atom. The Hall–Kier alpha value is -3.18. The summed E-state index contributed by atoms with van der Waals surface area (Å²) in [7, 11) is 0. The molecule has 0 unspecified atom stereocenters. The van der Waals surface area contributed by atoms with Crippen LogP contribution in [0.15, 0.2) is 65.1 Å². The lowest BCUT2D eigenvalue weighted by Gasteiger charge is -2.06. The van der Waals surface area contributed by atoms with Gasteiger partial charge in [0.25, 0.3) is 0 Å². The van der Waals surface area contributed by atoms with Crippen molar-refractivity contribution < 1.29 is 18.7 Å². The van der Waals surface area contributed by atoms with Crippen LogP contribution in [0.5, 0.6) is 0 Å². The van der Waals surface area contributed by atoms with Gasteiger partial charge < -0.3 is 9.52 Å². The van der Waals surface area contributed by atoms with Gasteiger partial charge in [-0.25, -0.2) is 14.2 Å². The molecule has 4 aromatic rings. The van der Waals surface area contributed by atoms with Crippen LogP contribution in [0, 0.1) is 5.82 Å². The molecule has 0 saturated carbocycles. The van der Waals surface area contributed by atoms with Gasteiger partial charge in [-0.3, -0.25) is 0 Å². The van der Waals surface area contributed by atoms with Crippen molar-refractivity contribution in [2.75, 3.05) is 0 Å². The third-order valence-corrected chi connectivity index (χ3v) is 4.20. The summed E-state index contributed by atoms with van der Waals surface area (Å²) < 4.78 is 19.2. The Labute approximate surface area is 152 Å². The second-order valence-electron chi connectivity index (χ2n) is 5.70. The van der Waals surface area contributed by atoms with E-state index in [0.717, 1.165) is 0 Å². The number of rotatable bonds is 3. The number of aromatic carboxylic acids is 1. The Morgan fingerprint density at radius 1 is 1.04 bits per heavy atom. The van der Waals surface area contributed by atoms with Gasteiger partial charge >= 0.3 is 5.97 Å². The third-order valence-electron chi connectivity index (χ3n) is 3.97. The van der Waals surface area contributed by atoms with Crippen molar-refractivity contribution in [1.29, 1.82) is 0 Å². The Balaban J connectivity index is 1.85. The largest absolute Gasteiger partial charge is 0.478 e. The molecule has 2 aromatic carbocycles. The predicted octanol–water partition coefficient (Wildman–Crippen LogP) is 5.65. The van der Waals surface area contributed by atoms with Crippen LogP contribution >= 0.6 is 11.6 Å². The van der Waals surface area contributed by atoms with E-state index in [2.05, 4.69) is 4.98 Å². The monoisotopic (exact) mass is 367 g/mol. The highest BCUT2D eigenvalue weighted by atomic mass is 35.5. The van der Waals surface area contributed by atoms with E-state index < -0.39 is 5.97 Å². The summed E-state index contributed by atoms with van der Waals surface area (Å²) in [6, 6.07) is 15.7. The lowest BCUT2D eigenvalue weighted by Crippen LogP contribution is -2.00. The molecular formula is C20H11ClFNO3. The first-order valence-corrected chi connectivity index (χ1v) is 8.09. The number of carbonyl (C=O) groups is 1. The summed E-state index contributed by atoms with van der Waals surface area (Å²) in [5.74, 6) is -0.592. The van der Waals surface area contributed by atoms with E-state index in [4.69, 9.17) is 16.0 Å². The van der Waals surface area contributed by atoms with Crippen molar-refractivity contribution in [1.82, 2.24) is 4.98 Å². The first kappa shape index (κ1) is 16.3. The van der Waals surface area contributed by atoms with Crippen LogP contribution in [-0.4, -0.2) is 16.1 Å². The third kappa shape index (κ3) is 2.93. The van der Waals surface area contributed by atoms with Crippen LogP contribution in [-0.2, 0) is 0 Å². The van der Waals surface area contributed by atoms with Crippen molar-refractivity contribution in [2.45, 2.75) is 0 Å². The molecule has 26 heavy (non-hydrogen) atoms. The summed E-state index contributed by atoms with van der Waals surface area (Å²) in [6.07, 6.45) is 0. The van der Waals surface area contributed by atoms with E-state index in [1.165, 1.54) is 18.2 Å². The van der Waals surface area contributed by atoms with Crippen LogP contribution in [0.25, 0.3) is 33.7 Å². The van der Waals surface area contributed by atoms with E-state index in [9.17, 15) is 14.3 Å². The highest BCUT2D eigenvalue weighted by Gasteiger charge is 2.16. The summed E-state index contributed by atoms with van der Waals surface area (Å²) in [6.45, 7) is 0. The molecule has 0 spiro atoms. The predicted molar refractivity (Wildman–Crippen MR) is 96.8 cm³/mol. The molecule has 0 saturated heterocycles. The molecule has 0 atom stereocenters. The molecule has 0 aliphatic heterocycles. The minimum atomic E-state index is -1.09. The summed E-state index contributed by atoms with van der Waals surface area (Å²) in [5.41, 5.74) is 1.53. The number of hydrogen-bond acceptors (Lipinski definition) is 3. The smallest absolute Gasteiger partial charge is 0.336 e. The standard InChI is InChI=1S/C20H11ClFNO3/c21-12-4-5-16-14(9-12)15(20(24)25)10-17(23-16)19-7-6-18(26-19)11-2-1-3-13(22)8-11/h1-10H,(H,24,25). The second-order valence-corrected chi connectivity index (χ2v) is 6.13. The highest BCUT2D eigenvalue weighted by Crippen LogP contribution is 2.31. The number of aromatic nitrogens is 1. The molecule has 6 heteroatoms. The number of nitrogens with zero attached hydrogens (tertiary/aromatic N) is 1. The van der Waals surface area contributed by atoms with Gasteiger partial charge in [-0.05, 0) is 48.5 Å². The molecule has 0 aliphatic rings. The average Bonchev–Trinajstić information content (AvgIpc) is 3.11. The number of benzene rings is 2. The number of furan rings is 1. The number of carboxylic acids is 1. The van der Waals surface area contributed by atoms with Crippen LogP contribution in [0.2, 0.25) is 5.02 Å². The number of pyridine rings is 1. The summed E-state index contributed by atoms with van der Waals surface area (Å²) >= 11 is 5.97. The molecule has 2 heterocycles. The molecule has 0 aliphatic carbocycles. The lowest BCUT2D eigenvalue weighted by molar-refractivity contribution is 0.0699. The zero-order chi connectivity index (χ0) is 18.3. The molecule has 128 valence electrons. The summed E-state index contributed by atoms with van der Waals surface area (Å²) in [5, 5.41) is 10.4. The maximum atomic E-state index is 13.4. The number of hydrogen-bond donors (Lipinski definition) is 1. The van der Waals surface area contributed by atoms with Gasteiger partial charge in [0.15, 0.2) is 5.76 Å². The molecule has 0 radical (unpaired) electrons. The molecule has 4 rings (SSSR count). The van der Waals surface area contributed by atoms with Crippen LogP contribution in [0.4, 0.5) is 4.39 Å². The van der Waals surface area contributed by atoms with E-state index >= 15 is 0 Å². The Kier molecular flexibility index (Phi) is 3.93. The van der Waals surface area contributed by atoms with Gasteiger partial charge in [0.1, 0.15) is 17.3 Å². The fraction of sp³-hybridized carbons (Fsp3) is 0. The van der Waals surface area contributed by atoms with E-state index in [0.29, 0.717) is 38.7 Å². The molecule has 4 nitrogen and oxygen atoms in total. The molecule has 0 bridgehead atoms. The first-order valence-electron chi connectivity index (χ1n) is 7.71. The highest BCUT2D eigenvalue weighted by molar-refractivity contribution is 6.31. The lowest BCUT2D eigenvalue weighted by atomic mass is 10.1. The summed E-state index contributed by atoms with van der Waals surface area (Å²) in [4.78, 5) is 16.1. The van der Waals surface area contributed by atoms with Crippen molar-refractivity contribution in [3.05, 3.63) is 77.1 Å². The van der Waals surface area contributed by atoms with Crippen molar-refractivity contribution in [2.24, 2.45) is 0 Å². The fourth-order valence-corrected chi connectivity index (χ4v) is 2.95. The van der Waals surface area contributed by atoms with Gasteiger partial charge in [0.05, 0.1) is 11.1 Å². The zero-order valence-corrected chi connectivity index (χ0v) is 14.0. The van der Waals surface area contributed by atoms with Gasteiger partial charge in [-0.15, -0.1) is 0 Å². The van der Waals surface area contributed by atoms with E-state index in [1.54, 1.807) is 42.5 Å². The molecule has 0 amide bonds. The number of carboxylic acid groups (broad SMARTS) is 1. The van der Waals surface area contributed by atoms with Gasteiger partial charge in [-0.2, -0.15) is 0 Å². The number of fused-ring (bicyclic) bond motifs is 1. The average molecular weight is 368 g/mol. The van der Waals surface area contributed by atoms with Crippen LogP contribution in [0.1, 0.15) is 10.4 Å². The SMILES string of the molecule is O=C(O)c1cc(-c2ccc(-c3cccc(F)c3)o2)nc2ccc(Cl)cc12. The topological polar surface area (TPSA) is 63.3 Å². The van der Waals surface area contributed by atoms with Crippen molar-refractivity contribution in [3.8, 4) is 22.8 Å². The molecular weight excluding hydrogens is 357 g/mol. The van der Waals surface area contributed by atoms with E-state index in [1.807, 2.05) is 0 Å². The van der Waals surface area contributed by atoms with Gasteiger partial charge in [0.2, 0.25) is 0 Å². The molecule has 0 fully saturated rings. The van der Waals surface area contributed by atoms with Gasteiger partial charge in [0, 0.05) is 16.0 Å². The maximum absolute atomic E-state index is 13.4. The number of halogens is 2. The fourth-order valence-electron chi connectivity index (χ4n) is 2.77. The molecule has 2 aromatic heterocycles. The van der Waals surface area contributed by atoms with Crippen molar-refractivity contribution in [3.63, 3.8) is 0 Å². The van der Waals surface area contributed by atoms with E-state index in [-0.39, 0.29) is 11.4 Å². The quantitative estimate of drug-likeness (QED) is 0.508. The first-order chi connectivity index (χ1) is 12.5. The Morgan fingerprint density at radius 2 is 1.85 bits per heavy atom. The van der Waals surface area contributed by atoms with Crippen LogP contribution in [0.3, 0.4) is 0 Å².